The van der Waals surface area contributed by atoms with E-state index in [-0.39, 0.29) is 5.91 Å². The molecule has 1 aliphatic carbocycles. The van der Waals surface area contributed by atoms with Crippen molar-refractivity contribution >= 4 is 11.9 Å². The van der Waals surface area contributed by atoms with Gasteiger partial charge in [0.25, 0.3) is 0 Å². The lowest BCUT2D eigenvalue weighted by Gasteiger charge is -2.10. The van der Waals surface area contributed by atoms with E-state index < -0.39 is 0 Å². The molecule has 6 heteroatoms. The topological polar surface area (TPSA) is 76.1 Å². The van der Waals surface area contributed by atoms with Crippen LogP contribution in [0.1, 0.15) is 32.1 Å². The summed E-state index contributed by atoms with van der Waals surface area (Å²) >= 11 is 0. The van der Waals surface area contributed by atoms with Gasteiger partial charge in [0.1, 0.15) is 0 Å². The molecule has 0 saturated heterocycles. The summed E-state index contributed by atoms with van der Waals surface area (Å²) in [6.07, 6.45) is 7.23. The summed E-state index contributed by atoms with van der Waals surface area (Å²) in [6.45, 7) is 1.18. The van der Waals surface area contributed by atoms with Crippen molar-refractivity contribution in [1.29, 1.82) is 0 Å². The highest BCUT2D eigenvalue weighted by atomic mass is 16.5. The number of hydrogen-bond donors (Lipinski definition) is 2. The second-order valence-corrected chi connectivity index (χ2v) is 5.05. The molecule has 0 aromatic carbocycles. The van der Waals surface area contributed by atoms with E-state index in [0.717, 1.165) is 0 Å². The van der Waals surface area contributed by atoms with Crippen molar-refractivity contribution in [3.05, 3.63) is 12.3 Å². The van der Waals surface area contributed by atoms with Gasteiger partial charge in [-0.2, -0.15) is 4.98 Å². The second kappa shape index (κ2) is 7.67. The average molecular weight is 278 g/mol. The van der Waals surface area contributed by atoms with Crippen LogP contribution in [0.4, 0.5) is 5.95 Å². The van der Waals surface area contributed by atoms with E-state index in [1.807, 2.05) is 0 Å². The van der Waals surface area contributed by atoms with E-state index in [2.05, 4.69) is 20.6 Å². The number of carbonyl (C=O) groups is 1. The van der Waals surface area contributed by atoms with Crippen LogP contribution in [0.3, 0.4) is 0 Å². The molecule has 1 aliphatic rings. The minimum atomic E-state index is 0.144. The number of nitrogens with one attached hydrogen (secondary N) is 2. The molecule has 1 aromatic rings. The van der Waals surface area contributed by atoms with Gasteiger partial charge in [0.05, 0.1) is 7.11 Å². The van der Waals surface area contributed by atoms with Crippen molar-refractivity contribution in [2.24, 2.45) is 5.92 Å². The smallest absolute Gasteiger partial charge is 0.226 e. The third kappa shape index (κ3) is 4.68. The van der Waals surface area contributed by atoms with Gasteiger partial charge in [-0.05, 0) is 18.8 Å². The number of anilines is 1. The van der Waals surface area contributed by atoms with Crippen LogP contribution in [0.5, 0.6) is 5.88 Å². The maximum Gasteiger partial charge on any atom is 0.226 e. The quantitative estimate of drug-likeness (QED) is 0.741. The number of aromatic nitrogens is 2. The molecule has 1 aromatic heterocycles. The van der Waals surface area contributed by atoms with Gasteiger partial charge in [0, 0.05) is 31.8 Å². The van der Waals surface area contributed by atoms with Crippen molar-refractivity contribution in [2.45, 2.75) is 32.1 Å². The molecule has 110 valence electrons. The fraction of sp³-hybridized carbons (Fsp3) is 0.643. The second-order valence-electron chi connectivity index (χ2n) is 5.05. The van der Waals surface area contributed by atoms with Crippen molar-refractivity contribution in [1.82, 2.24) is 15.3 Å². The van der Waals surface area contributed by atoms with Crippen molar-refractivity contribution in [3.63, 3.8) is 0 Å². The Morgan fingerprint density at radius 2 is 2.20 bits per heavy atom. The van der Waals surface area contributed by atoms with Crippen LogP contribution in [0.15, 0.2) is 12.3 Å². The van der Waals surface area contributed by atoms with Gasteiger partial charge in [0.2, 0.25) is 17.7 Å². The Kier molecular flexibility index (Phi) is 5.58. The molecule has 20 heavy (non-hydrogen) atoms. The Balaban J connectivity index is 1.61. The number of ether oxygens (including phenoxy) is 1. The first kappa shape index (κ1) is 14.6. The van der Waals surface area contributed by atoms with Crippen molar-refractivity contribution < 1.29 is 9.53 Å². The summed E-state index contributed by atoms with van der Waals surface area (Å²) in [7, 11) is 1.56. The zero-order valence-corrected chi connectivity index (χ0v) is 11.9. The summed E-state index contributed by atoms with van der Waals surface area (Å²) in [5.74, 6) is 1.76. The van der Waals surface area contributed by atoms with E-state index >= 15 is 0 Å². The number of carbonyl (C=O) groups excluding carboxylic acids is 1. The van der Waals surface area contributed by atoms with Gasteiger partial charge in [-0.25, -0.2) is 4.98 Å². The molecule has 0 spiro atoms. The minimum absolute atomic E-state index is 0.144. The molecule has 1 fully saturated rings. The summed E-state index contributed by atoms with van der Waals surface area (Å²) in [4.78, 5) is 19.9. The molecule has 2 rings (SSSR count). The number of nitrogens with zero attached hydrogens (tertiary/aromatic N) is 2. The standard InChI is InChI=1S/C14H22N4O2/c1-20-13-6-7-16-14(18-13)17-9-8-15-12(19)10-11-4-2-3-5-11/h6-7,11H,2-5,8-10H2,1H3,(H,15,19)(H,16,17,18). The van der Waals surface area contributed by atoms with E-state index in [0.29, 0.717) is 37.3 Å². The summed E-state index contributed by atoms with van der Waals surface area (Å²) < 4.78 is 5.01. The van der Waals surface area contributed by atoms with Gasteiger partial charge < -0.3 is 15.4 Å². The van der Waals surface area contributed by atoms with Crippen LogP contribution in [0.25, 0.3) is 0 Å². The lowest BCUT2D eigenvalue weighted by molar-refractivity contribution is -0.121. The first-order valence-electron chi connectivity index (χ1n) is 7.15. The zero-order valence-electron chi connectivity index (χ0n) is 11.9. The average Bonchev–Trinajstić information content (AvgIpc) is 2.97. The lowest BCUT2D eigenvalue weighted by atomic mass is 10.0. The highest BCUT2D eigenvalue weighted by Gasteiger charge is 2.17. The van der Waals surface area contributed by atoms with Crippen LogP contribution in [0, 0.1) is 5.92 Å². The zero-order chi connectivity index (χ0) is 14.2. The molecule has 2 N–H and O–H groups in total. The molecule has 0 unspecified atom stereocenters. The third-order valence-electron chi connectivity index (χ3n) is 3.52. The fourth-order valence-corrected chi connectivity index (χ4v) is 2.47. The van der Waals surface area contributed by atoms with E-state index in [4.69, 9.17) is 4.74 Å². The Morgan fingerprint density at radius 3 is 2.95 bits per heavy atom. The van der Waals surface area contributed by atoms with E-state index in [9.17, 15) is 4.79 Å². The molecule has 6 nitrogen and oxygen atoms in total. The summed E-state index contributed by atoms with van der Waals surface area (Å²) in [5, 5.41) is 5.97. The molecule has 1 heterocycles. The molecule has 0 radical (unpaired) electrons. The van der Waals surface area contributed by atoms with Gasteiger partial charge >= 0.3 is 0 Å². The number of methoxy groups -OCH3 is 1. The van der Waals surface area contributed by atoms with Crippen LogP contribution in [0.2, 0.25) is 0 Å². The monoisotopic (exact) mass is 278 g/mol. The highest BCUT2D eigenvalue weighted by molar-refractivity contribution is 5.76. The number of amides is 1. The molecule has 0 atom stereocenters. The van der Waals surface area contributed by atoms with Crippen LogP contribution >= 0.6 is 0 Å². The predicted octanol–water partition coefficient (Wildman–Crippen LogP) is 1.59. The normalized spacial score (nSPS) is 15.1. The van der Waals surface area contributed by atoms with Crippen molar-refractivity contribution in [3.8, 4) is 5.88 Å². The largest absolute Gasteiger partial charge is 0.481 e. The van der Waals surface area contributed by atoms with Crippen LogP contribution in [-0.4, -0.2) is 36.1 Å². The minimum Gasteiger partial charge on any atom is -0.481 e. The first-order chi connectivity index (χ1) is 9.78. The maximum absolute atomic E-state index is 11.7. The Hall–Kier alpha value is -1.85. The third-order valence-corrected chi connectivity index (χ3v) is 3.52. The number of rotatable bonds is 7. The number of hydrogen-bond acceptors (Lipinski definition) is 5. The Labute approximate surface area is 119 Å². The van der Waals surface area contributed by atoms with Crippen LogP contribution < -0.4 is 15.4 Å². The Morgan fingerprint density at radius 1 is 1.40 bits per heavy atom. The maximum atomic E-state index is 11.7. The highest BCUT2D eigenvalue weighted by Crippen LogP contribution is 2.27. The fourth-order valence-electron chi connectivity index (χ4n) is 2.47. The lowest BCUT2D eigenvalue weighted by Crippen LogP contribution is -2.30. The van der Waals surface area contributed by atoms with Gasteiger partial charge in [-0.1, -0.05) is 12.8 Å². The van der Waals surface area contributed by atoms with Crippen LogP contribution in [-0.2, 0) is 4.79 Å². The Bertz CT molecular complexity index is 433. The molecule has 0 aliphatic heterocycles. The predicted molar refractivity (Wildman–Crippen MR) is 76.7 cm³/mol. The molecule has 1 amide bonds. The van der Waals surface area contributed by atoms with Gasteiger partial charge in [-0.3, -0.25) is 4.79 Å². The molecular weight excluding hydrogens is 256 g/mol. The SMILES string of the molecule is COc1ccnc(NCCNC(=O)CC2CCCC2)n1. The van der Waals surface area contributed by atoms with Crippen molar-refractivity contribution in [2.75, 3.05) is 25.5 Å². The summed E-state index contributed by atoms with van der Waals surface area (Å²) in [6, 6.07) is 1.69. The van der Waals surface area contributed by atoms with E-state index in [1.165, 1.54) is 25.7 Å². The molecular formula is C14H22N4O2. The molecule has 1 saturated carbocycles. The first-order valence-corrected chi connectivity index (χ1v) is 7.15. The molecule has 0 bridgehead atoms. The van der Waals surface area contributed by atoms with Gasteiger partial charge in [0.15, 0.2) is 0 Å². The summed E-state index contributed by atoms with van der Waals surface area (Å²) in [5.41, 5.74) is 0. The van der Waals surface area contributed by atoms with Gasteiger partial charge in [-0.15, -0.1) is 0 Å². The van der Waals surface area contributed by atoms with E-state index in [1.54, 1.807) is 19.4 Å².